The SMILES string of the molecule is CCC(CC)(CN)N1CCCC1C(C)C. The molecular weight excluding hydrogens is 184 g/mol. The molecule has 2 N–H and O–H groups in total. The van der Waals surface area contributed by atoms with E-state index in [9.17, 15) is 0 Å². The summed E-state index contributed by atoms with van der Waals surface area (Å²) < 4.78 is 0. The van der Waals surface area contributed by atoms with Crippen LogP contribution in [0.3, 0.4) is 0 Å². The number of nitrogens with two attached hydrogens (primary N) is 1. The van der Waals surface area contributed by atoms with E-state index in [1.165, 1.54) is 32.2 Å². The number of likely N-dealkylation sites (tertiary alicyclic amines) is 1. The summed E-state index contributed by atoms with van der Waals surface area (Å²) in [5.74, 6) is 0.761. The van der Waals surface area contributed by atoms with Gasteiger partial charge in [-0.3, -0.25) is 4.90 Å². The van der Waals surface area contributed by atoms with Crippen molar-refractivity contribution in [3.63, 3.8) is 0 Å². The summed E-state index contributed by atoms with van der Waals surface area (Å²) >= 11 is 0. The average Bonchev–Trinajstić information content (AvgIpc) is 2.71. The van der Waals surface area contributed by atoms with Gasteiger partial charge in [0.15, 0.2) is 0 Å². The first kappa shape index (κ1) is 13.0. The third-order valence-corrected chi connectivity index (χ3v) is 4.37. The van der Waals surface area contributed by atoms with E-state index in [1.54, 1.807) is 0 Å². The van der Waals surface area contributed by atoms with Crippen LogP contribution >= 0.6 is 0 Å². The molecule has 0 aromatic carbocycles. The van der Waals surface area contributed by atoms with Crippen LogP contribution in [0.2, 0.25) is 0 Å². The van der Waals surface area contributed by atoms with Crippen LogP contribution in [0.5, 0.6) is 0 Å². The molecule has 0 saturated carbocycles. The van der Waals surface area contributed by atoms with Crippen LogP contribution in [0.15, 0.2) is 0 Å². The van der Waals surface area contributed by atoms with Crippen molar-refractivity contribution in [3.8, 4) is 0 Å². The van der Waals surface area contributed by atoms with Crippen molar-refractivity contribution in [2.45, 2.75) is 65.0 Å². The summed E-state index contributed by atoms with van der Waals surface area (Å²) in [5, 5.41) is 0. The quantitative estimate of drug-likeness (QED) is 0.759. The van der Waals surface area contributed by atoms with Crippen molar-refractivity contribution in [2.75, 3.05) is 13.1 Å². The summed E-state index contributed by atoms with van der Waals surface area (Å²) in [6.07, 6.45) is 5.08. The lowest BCUT2D eigenvalue weighted by atomic mass is 9.88. The monoisotopic (exact) mass is 212 g/mol. The predicted octanol–water partition coefficient (Wildman–Crippen LogP) is 2.62. The Kier molecular flexibility index (Phi) is 4.60. The van der Waals surface area contributed by atoms with Crippen LogP contribution in [0.4, 0.5) is 0 Å². The minimum absolute atomic E-state index is 0.269. The maximum atomic E-state index is 6.03. The molecule has 1 aliphatic rings. The largest absolute Gasteiger partial charge is 0.329 e. The first-order valence-electron chi connectivity index (χ1n) is 6.58. The normalized spacial score (nSPS) is 24.0. The van der Waals surface area contributed by atoms with Crippen molar-refractivity contribution in [3.05, 3.63) is 0 Å². The molecule has 0 aromatic rings. The lowest BCUT2D eigenvalue weighted by Gasteiger charge is -2.45. The molecule has 2 heteroatoms. The van der Waals surface area contributed by atoms with Crippen molar-refractivity contribution >= 4 is 0 Å². The molecule has 1 fully saturated rings. The van der Waals surface area contributed by atoms with Crippen molar-refractivity contribution in [1.82, 2.24) is 4.90 Å². The Morgan fingerprint density at radius 1 is 1.33 bits per heavy atom. The summed E-state index contributed by atoms with van der Waals surface area (Å²) in [6, 6.07) is 0.758. The predicted molar refractivity (Wildman–Crippen MR) is 66.9 cm³/mol. The highest BCUT2D eigenvalue weighted by molar-refractivity contribution is 4.96. The Morgan fingerprint density at radius 3 is 2.33 bits per heavy atom. The molecule has 15 heavy (non-hydrogen) atoms. The zero-order valence-corrected chi connectivity index (χ0v) is 10.9. The fraction of sp³-hybridized carbons (Fsp3) is 1.00. The van der Waals surface area contributed by atoms with Crippen molar-refractivity contribution < 1.29 is 0 Å². The van der Waals surface area contributed by atoms with Gasteiger partial charge >= 0.3 is 0 Å². The molecular formula is C13H28N2. The van der Waals surface area contributed by atoms with Gasteiger partial charge in [0.1, 0.15) is 0 Å². The van der Waals surface area contributed by atoms with Gasteiger partial charge in [-0.05, 0) is 38.1 Å². The minimum atomic E-state index is 0.269. The van der Waals surface area contributed by atoms with Gasteiger partial charge in [0.05, 0.1) is 0 Å². The van der Waals surface area contributed by atoms with Crippen LogP contribution in [0.25, 0.3) is 0 Å². The second-order valence-electron chi connectivity index (χ2n) is 5.28. The molecule has 0 aliphatic carbocycles. The third-order valence-electron chi connectivity index (χ3n) is 4.37. The van der Waals surface area contributed by atoms with Gasteiger partial charge < -0.3 is 5.73 Å². The van der Waals surface area contributed by atoms with Crippen LogP contribution < -0.4 is 5.73 Å². The zero-order valence-electron chi connectivity index (χ0n) is 10.9. The lowest BCUT2D eigenvalue weighted by molar-refractivity contribution is 0.0527. The van der Waals surface area contributed by atoms with Gasteiger partial charge in [-0.25, -0.2) is 0 Å². The fourth-order valence-corrected chi connectivity index (χ4v) is 3.14. The first-order valence-corrected chi connectivity index (χ1v) is 6.58. The minimum Gasteiger partial charge on any atom is -0.329 e. The number of nitrogens with zero attached hydrogens (tertiary/aromatic N) is 1. The van der Waals surface area contributed by atoms with Crippen molar-refractivity contribution in [2.24, 2.45) is 11.7 Å². The van der Waals surface area contributed by atoms with Gasteiger partial charge in [0.25, 0.3) is 0 Å². The van der Waals surface area contributed by atoms with E-state index < -0.39 is 0 Å². The molecule has 90 valence electrons. The number of hydrogen-bond acceptors (Lipinski definition) is 2. The highest BCUT2D eigenvalue weighted by atomic mass is 15.3. The molecule has 1 rings (SSSR count). The van der Waals surface area contributed by atoms with Crippen molar-refractivity contribution in [1.29, 1.82) is 0 Å². The summed E-state index contributed by atoms with van der Waals surface area (Å²) in [4.78, 5) is 2.71. The van der Waals surface area contributed by atoms with Gasteiger partial charge in [0, 0.05) is 18.1 Å². The van der Waals surface area contributed by atoms with E-state index in [1.807, 2.05) is 0 Å². The van der Waals surface area contributed by atoms with Crippen LogP contribution in [0.1, 0.15) is 53.4 Å². The Bertz CT molecular complexity index is 177. The van der Waals surface area contributed by atoms with E-state index in [0.29, 0.717) is 0 Å². The van der Waals surface area contributed by atoms with E-state index in [4.69, 9.17) is 5.73 Å². The molecule has 2 nitrogen and oxygen atoms in total. The molecule has 0 bridgehead atoms. The highest BCUT2D eigenvalue weighted by Crippen LogP contribution is 2.34. The van der Waals surface area contributed by atoms with Crippen LogP contribution in [-0.4, -0.2) is 29.6 Å². The molecule has 1 heterocycles. The highest BCUT2D eigenvalue weighted by Gasteiger charge is 2.40. The van der Waals surface area contributed by atoms with Gasteiger partial charge in [-0.1, -0.05) is 27.7 Å². The Morgan fingerprint density at radius 2 is 1.93 bits per heavy atom. The molecule has 0 radical (unpaired) electrons. The van der Waals surface area contributed by atoms with Crippen LogP contribution in [0, 0.1) is 5.92 Å². The molecule has 1 aliphatic heterocycles. The van der Waals surface area contributed by atoms with Crippen LogP contribution in [-0.2, 0) is 0 Å². The molecule has 0 aromatic heterocycles. The fourth-order valence-electron chi connectivity index (χ4n) is 3.14. The second-order valence-corrected chi connectivity index (χ2v) is 5.28. The van der Waals surface area contributed by atoms with E-state index in [2.05, 4.69) is 32.6 Å². The smallest absolute Gasteiger partial charge is 0.0329 e. The summed E-state index contributed by atoms with van der Waals surface area (Å²) in [6.45, 7) is 11.3. The van der Waals surface area contributed by atoms with E-state index in [0.717, 1.165) is 18.5 Å². The molecule has 0 amide bonds. The maximum Gasteiger partial charge on any atom is 0.0329 e. The number of hydrogen-bond donors (Lipinski definition) is 1. The zero-order chi connectivity index (χ0) is 11.5. The second kappa shape index (κ2) is 5.31. The Hall–Kier alpha value is -0.0800. The molecule has 0 spiro atoms. The third kappa shape index (κ3) is 2.36. The average molecular weight is 212 g/mol. The summed E-state index contributed by atoms with van der Waals surface area (Å²) in [7, 11) is 0. The van der Waals surface area contributed by atoms with Gasteiger partial charge in [-0.2, -0.15) is 0 Å². The summed E-state index contributed by atoms with van der Waals surface area (Å²) in [5.41, 5.74) is 6.30. The van der Waals surface area contributed by atoms with E-state index in [-0.39, 0.29) is 5.54 Å². The van der Waals surface area contributed by atoms with Gasteiger partial charge in [0.2, 0.25) is 0 Å². The van der Waals surface area contributed by atoms with Gasteiger partial charge in [-0.15, -0.1) is 0 Å². The Balaban J connectivity index is 2.82. The number of rotatable bonds is 5. The lowest BCUT2D eigenvalue weighted by Crippen LogP contribution is -2.56. The first-order chi connectivity index (χ1) is 7.11. The Labute approximate surface area is 95.2 Å². The topological polar surface area (TPSA) is 29.3 Å². The maximum absolute atomic E-state index is 6.03. The standard InChI is InChI=1S/C13H28N2/c1-5-13(6-2,10-14)15-9-7-8-12(15)11(3)4/h11-12H,5-10,14H2,1-4H3. The molecule has 1 atom stereocenters. The molecule has 1 unspecified atom stereocenters. The van der Waals surface area contributed by atoms with E-state index >= 15 is 0 Å². The molecule has 1 saturated heterocycles.